The van der Waals surface area contributed by atoms with Crippen molar-refractivity contribution in [1.29, 1.82) is 0 Å². The molecule has 0 saturated carbocycles. The second-order valence-electron chi connectivity index (χ2n) is 6.53. The molecule has 1 aliphatic rings. The van der Waals surface area contributed by atoms with Crippen LogP contribution in [0.5, 0.6) is 11.5 Å². The third-order valence-corrected chi connectivity index (χ3v) is 4.73. The van der Waals surface area contributed by atoms with Gasteiger partial charge in [0.15, 0.2) is 18.1 Å². The first-order valence-corrected chi connectivity index (χ1v) is 9.56. The van der Waals surface area contributed by atoms with Crippen LogP contribution in [0.3, 0.4) is 0 Å². The van der Waals surface area contributed by atoms with Crippen LogP contribution >= 0.6 is 11.6 Å². The summed E-state index contributed by atoms with van der Waals surface area (Å²) < 4.78 is 15.2. The summed E-state index contributed by atoms with van der Waals surface area (Å²) in [4.78, 5) is 35.1. The van der Waals surface area contributed by atoms with Gasteiger partial charge >= 0.3 is 5.97 Å². The lowest BCUT2D eigenvalue weighted by atomic mass is 10.1. The number of carbonyl (C=O) groups is 2. The zero-order valence-corrected chi connectivity index (χ0v) is 18.1. The average Bonchev–Trinajstić information content (AvgIpc) is 3.05. The first-order chi connectivity index (χ1) is 15.2. The Morgan fingerprint density at radius 2 is 1.97 bits per heavy atom. The molecule has 11 heteroatoms. The lowest BCUT2D eigenvalue weighted by molar-refractivity contribution is -0.384. The van der Waals surface area contributed by atoms with E-state index >= 15 is 0 Å². The number of hydrogen-bond donors (Lipinski definition) is 0. The Morgan fingerprint density at radius 3 is 2.62 bits per heavy atom. The minimum Gasteiger partial charge on any atom is -0.493 e. The second-order valence-corrected chi connectivity index (χ2v) is 6.96. The van der Waals surface area contributed by atoms with Crippen molar-refractivity contribution in [2.75, 3.05) is 25.8 Å². The van der Waals surface area contributed by atoms with Crippen LogP contribution in [0.2, 0.25) is 5.02 Å². The van der Waals surface area contributed by atoms with Gasteiger partial charge in [0.2, 0.25) is 0 Å². The van der Waals surface area contributed by atoms with E-state index in [0.717, 1.165) is 5.01 Å². The molecule has 0 saturated heterocycles. The van der Waals surface area contributed by atoms with Crippen LogP contribution in [0, 0.1) is 10.1 Å². The van der Waals surface area contributed by atoms with E-state index in [0.29, 0.717) is 22.8 Å². The number of nitro groups is 1. The summed E-state index contributed by atoms with van der Waals surface area (Å²) in [6.45, 7) is 1.33. The molecular formula is C21H18ClN3O7. The Balaban J connectivity index is 1.92. The summed E-state index contributed by atoms with van der Waals surface area (Å²) in [5.74, 6) is -0.431. The molecule has 32 heavy (non-hydrogen) atoms. The van der Waals surface area contributed by atoms with E-state index in [-0.39, 0.29) is 28.6 Å². The minimum absolute atomic E-state index is 0.0283. The van der Waals surface area contributed by atoms with Crippen molar-refractivity contribution in [3.8, 4) is 11.5 Å². The number of ether oxygens (including phenoxy) is 3. The van der Waals surface area contributed by atoms with Gasteiger partial charge in [-0.1, -0.05) is 17.7 Å². The summed E-state index contributed by atoms with van der Waals surface area (Å²) in [6.07, 6.45) is 1.57. The summed E-state index contributed by atoms with van der Waals surface area (Å²) in [5, 5.41) is 16.7. The molecule has 166 valence electrons. The van der Waals surface area contributed by atoms with Gasteiger partial charge in [-0.3, -0.25) is 14.9 Å². The molecule has 0 fully saturated rings. The van der Waals surface area contributed by atoms with Crippen molar-refractivity contribution in [2.45, 2.75) is 6.92 Å². The highest BCUT2D eigenvalue weighted by Crippen LogP contribution is 2.35. The monoisotopic (exact) mass is 459 g/mol. The van der Waals surface area contributed by atoms with Crippen molar-refractivity contribution in [3.05, 3.63) is 62.7 Å². The number of rotatable bonds is 7. The van der Waals surface area contributed by atoms with Crippen molar-refractivity contribution < 1.29 is 28.7 Å². The lowest BCUT2D eigenvalue weighted by Gasteiger charge is -2.12. The second kappa shape index (κ2) is 9.48. The van der Waals surface area contributed by atoms with Crippen molar-refractivity contribution in [3.63, 3.8) is 0 Å². The highest BCUT2D eigenvalue weighted by atomic mass is 35.5. The number of carbonyl (C=O) groups excluding carboxylic acids is 2. The number of hydrazone groups is 1. The number of benzene rings is 2. The Hall–Kier alpha value is -3.92. The number of esters is 1. The van der Waals surface area contributed by atoms with Crippen LogP contribution < -0.4 is 14.5 Å². The Labute approximate surface area is 187 Å². The van der Waals surface area contributed by atoms with E-state index in [1.54, 1.807) is 31.2 Å². The number of nitro benzene ring substituents is 1. The lowest BCUT2D eigenvalue weighted by Crippen LogP contribution is -2.22. The third-order valence-electron chi connectivity index (χ3n) is 4.50. The molecule has 2 aromatic carbocycles. The van der Waals surface area contributed by atoms with Gasteiger partial charge in [0.1, 0.15) is 5.69 Å². The number of amides is 1. The van der Waals surface area contributed by atoms with Gasteiger partial charge < -0.3 is 14.2 Å². The molecule has 10 nitrogen and oxygen atoms in total. The first kappa shape index (κ1) is 22.8. The van der Waals surface area contributed by atoms with Gasteiger partial charge in [-0.15, -0.1) is 0 Å². The number of halogens is 1. The largest absolute Gasteiger partial charge is 0.493 e. The molecule has 0 spiro atoms. The molecular weight excluding hydrogens is 442 g/mol. The normalized spacial score (nSPS) is 14.4. The fourth-order valence-electron chi connectivity index (χ4n) is 2.92. The van der Waals surface area contributed by atoms with Crippen LogP contribution in [0.25, 0.3) is 6.08 Å². The van der Waals surface area contributed by atoms with Crippen LogP contribution in [0.4, 0.5) is 11.4 Å². The maximum atomic E-state index is 13.0. The maximum Gasteiger partial charge on any atom is 0.343 e. The van der Waals surface area contributed by atoms with E-state index in [2.05, 4.69) is 9.84 Å². The molecule has 0 atom stereocenters. The molecule has 0 unspecified atom stereocenters. The SMILES string of the molecule is COC(=O)COc1ccc(/C=C2/C(=O)N(c3cc(Cl)ccc3[N+](=O)[O-])N=C2C)cc1OC. The summed E-state index contributed by atoms with van der Waals surface area (Å²) in [7, 11) is 2.69. The van der Waals surface area contributed by atoms with Crippen LogP contribution in [0.15, 0.2) is 47.1 Å². The molecule has 0 radical (unpaired) electrons. The van der Waals surface area contributed by atoms with E-state index in [9.17, 15) is 19.7 Å². The predicted octanol–water partition coefficient (Wildman–Crippen LogP) is 3.61. The smallest absolute Gasteiger partial charge is 0.343 e. The van der Waals surface area contributed by atoms with Crippen molar-refractivity contribution in [1.82, 2.24) is 0 Å². The zero-order valence-electron chi connectivity index (χ0n) is 17.3. The average molecular weight is 460 g/mol. The van der Waals surface area contributed by atoms with E-state index < -0.39 is 16.8 Å². The zero-order chi connectivity index (χ0) is 23.4. The van der Waals surface area contributed by atoms with Gasteiger partial charge in [0.25, 0.3) is 11.6 Å². The quantitative estimate of drug-likeness (QED) is 0.268. The van der Waals surface area contributed by atoms with Gasteiger partial charge in [0.05, 0.1) is 30.4 Å². The minimum atomic E-state index is -0.608. The standard InChI is InChI=1S/C21H18ClN3O7/c1-12-15(8-13-4-7-18(19(9-13)30-2)32-11-20(26)31-3)21(27)24(23-12)17-10-14(22)5-6-16(17)25(28)29/h4-10H,11H2,1-3H3/b15-8+. The number of hydrogen-bond acceptors (Lipinski definition) is 8. The fraction of sp³-hybridized carbons (Fsp3) is 0.190. The Morgan fingerprint density at radius 1 is 1.22 bits per heavy atom. The molecule has 1 amide bonds. The van der Waals surface area contributed by atoms with Crippen LogP contribution in [0.1, 0.15) is 12.5 Å². The Kier molecular flexibility index (Phi) is 6.74. The molecule has 2 aromatic rings. The van der Waals surface area contributed by atoms with Crippen molar-refractivity contribution in [2.24, 2.45) is 5.10 Å². The highest BCUT2D eigenvalue weighted by molar-refractivity contribution is 6.33. The molecule has 1 heterocycles. The van der Waals surface area contributed by atoms with Gasteiger partial charge in [0, 0.05) is 11.1 Å². The predicted molar refractivity (Wildman–Crippen MR) is 117 cm³/mol. The molecule has 3 rings (SSSR count). The summed E-state index contributed by atoms with van der Waals surface area (Å²) in [6, 6.07) is 8.76. The van der Waals surface area contributed by atoms with E-state index in [4.69, 9.17) is 21.1 Å². The van der Waals surface area contributed by atoms with Crippen LogP contribution in [-0.4, -0.2) is 43.3 Å². The number of nitrogens with zero attached hydrogens (tertiary/aromatic N) is 3. The van der Waals surface area contributed by atoms with Gasteiger partial charge in [-0.25, -0.2) is 4.79 Å². The first-order valence-electron chi connectivity index (χ1n) is 9.18. The molecule has 0 bridgehead atoms. The molecule has 1 aliphatic heterocycles. The van der Waals surface area contributed by atoms with Gasteiger partial charge in [-0.2, -0.15) is 10.1 Å². The number of methoxy groups -OCH3 is 2. The fourth-order valence-corrected chi connectivity index (χ4v) is 3.09. The van der Waals surface area contributed by atoms with E-state index in [1.807, 2.05) is 0 Å². The highest BCUT2D eigenvalue weighted by Gasteiger charge is 2.33. The summed E-state index contributed by atoms with van der Waals surface area (Å²) in [5.41, 5.74) is 0.875. The molecule has 0 aliphatic carbocycles. The molecule has 0 N–H and O–H groups in total. The topological polar surface area (TPSA) is 121 Å². The Bertz CT molecular complexity index is 1160. The van der Waals surface area contributed by atoms with Crippen LogP contribution in [-0.2, 0) is 14.3 Å². The number of anilines is 1. The van der Waals surface area contributed by atoms with Crippen molar-refractivity contribution >= 4 is 46.6 Å². The third kappa shape index (κ3) is 4.70. The summed E-state index contributed by atoms with van der Waals surface area (Å²) >= 11 is 5.97. The van der Waals surface area contributed by atoms with Gasteiger partial charge in [-0.05, 0) is 42.8 Å². The van der Waals surface area contributed by atoms with E-state index in [1.165, 1.54) is 32.4 Å². The molecule has 0 aromatic heterocycles. The maximum absolute atomic E-state index is 13.0.